The molecule has 0 saturated carbocycles. The standard InChI is InChI=1S/C29H24Cl2N2O6S/c1-4-37-23-10-7-17(13-24(23)38-5-2)26-19(28(35)36-3)15-32-29-33(26)27(34)25(40-29)14-18-8-11-22(39-18)16-6-9-20(30)21(31)12-16/h6-15,26H,4-5H2,1-3H3/b25-14+/t26-/m1/s1. The molecule has 0 N–H and O–H groups in total. The monoisotopic (exact) mass is 598 g/mol. The number of nitrogens with zero attached hydrogens (tertiary/aromatic N) is 2. The summed E-state index contributed by atoms with van der Waals surface area (Å²) in [6, 6.07) is 13.3. The molecule has 0 spiro atoms. The summed E-state index contributed by atoms with van der Waals surface area (Å²) in [5.41, 5.74) is 1.28. The largest absolute Gasteiger partial charge is 0.490 e. The molecule has 8 nitrogen and oxygen atoms in total. The van der Waals surface area contributed by atoms with Crippen molar-refractivity contribution in [2.24, 2.45) is 4.99 Å². The second kappa shape index (κ2) is 11.8. The third-order valence-corrected chi connectivity index (χ3v) is 7.85. The number of hydrogen-bond acceptors (Lipinski definition) is 8. The second-order valence-electron chi connectivity index (χ2n) is 8.58. The zero-order chi connectivity index (χ0) is 28.4. The lowest BCUT2D eigenvalue weighted by atomic mass is 9.97. The fourth-order valence-electron chi connectivity index (χ4n) is 4.35. The molecule has 3 heterocycles. The third-order valence-electron chi connectivity index (χ3n) is 6.11. The first-order chi connectivity index (χ1) is 19.3. The minimum absolute atomic E-state index is 0.216. The summed E-state index contributed by atoms with van der Waals surface area (Å²) in [5, 5.41) is 0.855. The van der Waals surface area contributed by atoms with E-state index in [1.54, 1.807) is 54.6 Å². The van der Waals surface area contributed by atoms with Gasteiger partial charge in [-0.05, 0) is 61.9 Å². The van der Waals surface area contributed by atoms with Gasteiger partial charge in [0, 0.05) is 17.8 Å². The van der Waals surface area contributed by atoms with Gasteiger partial charge < -0.3 is 18.6 Å². The minimum atomic E-state index is -0.788. The molecule has 40 heavy (non-hydrogen) atoms. The number of hydrogen-bond donors (Lipinski definition) is 0. The maximum absolute atomic E-state index is 13.8. The predicted octanol–water partition coefficient (Wildman–Crippen LogP) is 5.38. The molecular formula is C29H24Cl2N2O6S. The Labute approximate surface area is 243 Å². The molecule has 11 heteroatoms. The van der Waals surface area contributed by atoms with Crippen LogP contribution in [0.4, 0.5) is 0 Å². The van der Waals surface area contributed by atoms with E-state index in [-0.39, 0.29) is 11.1 Å². The molecule has 1 aliphatic heterocycles. The van der Waals surface area contributed by atoms with Crippen molar-refractivity contribution in [3.8, 4) is 22.8 Å². The molecule has 2 aromatic heterocycles. The van der Waals surface area contributed by atoms with Crippen molar-refractivity contribution in [1.82, 2.24) is 4.57 Å². The lowest BCUT2D eigenvalue weighted by Gasteiger charge is -2.23. The van der Waals surface area contributed by atoms with E-state index in [1.807, 2.05) is 13.8 Å². The summed E-state index contributed by atoms with van der Waals surface area (Å²) in [7, 11) is 1.29. The van der Waals surface area contributed by atoms with Gasteiger partial charge in [0.15, 0.2) is 16.3 Å². The number of benzene rings is 2. The molecule has 5 rings (SSSR count). The van der Waals surface area contributed by atoms with Crippen molar-refractivity contribution in [3.05, 3.63) is 101 Å². The maximum atomic E-state index is 13.8. The highest BCUT2D eigenvalue weighted by atomic mass is 35.5. The Morgan fingerprint density at radius 1 is 1.05 bits per heavy atom. The van der Waals surface area contributed by atoms with Crippen LogP contribution in [0.25, 0.3) is 17.4 Å². The van der Waals surface area contributed by atoms with Gasteiger partial charge in [0.1, 0.15) is 11.5 Å². The van der Waals surface area contributed by atoms with Crippen LogP contribution in [-0.4, -0.2) is 30.9 Å². The fraction of sp³-hybridized carbons (Fsp3) is 0.207. The average molecular weight is 599 g/mol. The van der Waals surface area contributed by atoms with Gasteiger partial charge in [0.25, 0.3) is 5.56 Å². The van der Waals surface area contributed by atoms with Gasteiger partial charge in [-0.1, -0.05) is 40.6 Å². The number of furan rings is 1. The summed E-state index contributed by atoms with van der Waals surface area (Å²) >= 11 is 13.4. The second-order valence-corrected chi connectivity index (χ2v) is 10.4. The molecule has 0 aliphatic carbocycles. The van der Waals surface area contributed by atoms with Crippen LogP contribution in [0.15, 0.2) is 74.5 Å². The number of carbonyl (C=O) groups is 1. The number of fused-ring (bicyclic) bond motifs is 1. The Kier molecular flexibility index (Phi) is 8.16. The normalized spacial score (nSPS) is 14.8. The van der Waals surface area contributed by atoms with Gasteiger partial charge in [0.2, 0.25) is 0 Å². The zero-order valence-corrected chi connectivity index (χ0v) is 24.1. The van der Waals surface area contributed by atoms with Gasteiger partial charge >= 0.3 is 5.97 Å². The summed E-state index contributed by atoms with van der Waals surface area (Å²) in [6.45, 7) is 4.63. The summed E-state index contributed by atoms with van der Waals surface area (Å²) in [5.74, 6) is 1.53. The molecule has 2 aromatic carbocycles. The van der Waals surface area contributed by atoms with Gasteiger partial charge in [-0.3, -0.25) is 9.36 Å². The van der Waals surface area contributed by atoms with Crippen LogP contribution in [0, 0.1) is 0 Å². The SMILES string of the molecule is CCOc1ccc([C@@H]2C(C(=O)OC)=CN=c3s/c(=C/c4ccc(-c5ccc(Cl)c(Cl)c5)o4)c(=O)n32)cc1OCC. The first kappa shape index (κ1) is 27.8. The van der Waals surface area contributed by atoms with Crippen LogP contribution in [0.2, 0.25) is 10.0 Å². The quantitative estimate of drug-likeness (QED) is 0.253. The number of esters is 1. The number of carbonyl (C=O) groups excluding carboxylic acids is 1. The topological polar surface area (TPSA) is 92.3 Å². The van der Waals surface area contributed by atoms with Gasteiger partial charge in [0.05, 0.1) is 46.5 Å². The Morgan fingerprint density at radius 2 is 1.82 bits per heavy atom. The number of ether oxygens (including phenoxy) is 3. The molecule has 4 aromatic rings. The van der Waals surface area contributed by atoms with E-state index in [9.17, 15) is 9.59 Å². The minimum Gasteiger partial charge on any atom is -0.490 e. The Bertz CT molecular complexity index is 1800. The molecule has 0 fully saturated rings. The van der Waals surface area contributed by atoms with Crippen molar-refractivity contribution in [1.29, 1.82) is 0 Å². The highest BCUT2D eigenvalue weighted by Gasteiger charge is 2.31. The van der Waals surface area contributed by atoms with Gasteiger partial charge in [-0.25, -0.2) is 9.79 Å². The van der Waals surface area contributed by atoms with Crippen LogP contribution < -0.4 is 24.4 Å². The first-order valence-corrected chi connectivity index (χ1v) is 14.0. The van der Waals surface area contributed by atoms with Crippen molar-refractivity contribution < 1.29 is 23.4 Å². The van der Waals surface area contributed by atoms with Crippen molar-refractivity contribution in [2.75, 3.05) is 20.3 Å². The number of halogens is 2. The smallest absolute Gasteiger partial charge is 0.337 e. The van der Waals surface area contributed by atoms with E-state index in [2.05, 4.69) is 4.99 Å². The van der Waals surface area contributed by atoms with Crippen molar-refractivity contribution >= 4 is 46.6 Å². The first-order valence-electron chi connectivity index (χ1n) is 12.4. The van der Waals surface area contributed by atoms with Crippen LogP contribution in [-0.2, 0) is 9.53 Å². The summed E-state index contributed by atoms with van der Waals surface area (Å²) in [4.78, 5) is 31.4. The van der Waals surface area contributed by atoms with Crippen molar-refractivity contribution in [3.63, 3.8) is 0 Å². The van der Waals surface area contributed by atoms with E-state index >= 15 is 0 Å². The molecule has 0 radical (unpaired) electrons. The molecule has 0 amide bonds. The van der Waals surface area contributed by atoms with Gasteiger partial charge in [-0.2, -0.15) is 0 Å². The Balaban J connectivity index is 1.60. The highest BCUT2D eigenvalue weighted by Crippen LogP contribution is 2.35. The number of methoxy groups -OCH3 is 1. The summed E-state index contributed by atoms with van der Waals surface area (Å²) in [6.07, 6.45) is 3.09. The fourth-order valence-corrected chi connectivity index (χ4v) is 5.60. The van der Waals surface area contributed by atoms with E-state index in [1.165, 1.54) is 29.2 Å². The van der Waals surface area contributed by atoms with Crippen LogP contribution in [0.3, 0.4) is 0 Å². The average Bonchev–Trinajstić information content (AvgIpc) is 3.55. The van der Waals surface area contributed by atoms with Crippen LogP contribution in [0.5, 0.6) is 11.5 Å². The molecule has 1 atom stereocenters. The molecule has 1 aliphatic rings. The van der Waals surface area contributed by atoms with E-state index in [4.69, 9.17) is 41.8 Å². The molecular weight excluding hydrogens is 575 g/mol. The zero-order valence-electron chi connectivity index (χ0n) is 21.8. The third kappa shape index (κ3) is 5.32. The molecule has 0 bridgehead atoms. The number of rotatable bonds is 8. The lowest BCUT2D eigenvalue weighted by Crippen LogP contribution is -2.39. The van der Waals surface area contributed by atoms with Crippen molar-refractivity contribution in [2.45, 2.75) is 19.9 Å². The van der Waals surface area contributed by atoms with E-state index in [0.29, 0.717) is 61.2 Å². The highest BCUT2D eigenvalue weighted by molar-refractivity contribution is 7.07. The Morgan fingerprint density at radius 3 is 2.55 bits per heavy atom. The Hall–Kier alpha value is -3.79. The summed E-state index contributed by atoms with van der Waals surface area (Å²) < 4.78 is 24.4. The van der Waals surface area contributed by atoms with E-state index in [0.717, 1.165) is 5.56 Å². The van der Waals surface area contributed by atoms with E-state index < -0.39 is 12.0 Å². The van der Waals surface area contributed by atoms with Gasteiger partial charge in [-0.15, -0.1) is 0 Å². The number of thiazole rings is 1. The molecule has 0 saturated heterocycles. The maximum Gasteiger partial charge on any atom is 0.337 e. The molecule has 0 unspecified atom stereocenters. The number of aromatic nitrogens is 1. The van der Waals surface area contributed by atoms with Crippen LogP contribution >= 0.6 is 34.5 Å². The van der Waals surface area contributed by atoms with Crippen LogP contribution in [0.1, 0.15) is 31.2 Å². The lowest BCUT2D eigenvalue weighted by molar-refractivity contribution is -0.136. The predicted molar refractivity (Wildman–Crippen MR) is 154 cm³/mol. The molecule has 206 valence electrons.